The van der Waals surface area contributed by atoms with E-state index in [1.54, 1.807) is 51.1 Å². The highest BCUT2D eigenvalue weighted by Gasteiger charge is 2.30. The third-order valence-electron chi connectivity index (χ3n) is 6.35. The summed E-state index contributed by atoms with van der Waals surface area (Å²) in [7, 11) is -4.02. The fraction of sp³-hybridized carbons (Fsp3) is 0.367. The molecule has 2 heterocycles. The molecule has 9 nitrogen and oxygen atoms in total. The summed E-state index contributed by atoms with van der Waals surface area (Å²) in [6.07, 6.45) is 3.73. The lowest BCUT2D eigenvalue weighted by Crippen LogP contribution is -2.50. The number of amides is 1. The Bertz CT molecular complexity index is 1440. The predicted octanol–water partition coefficient (Wildman–Crippen LogP) is 3.64. The Labute approximate surface area is 235 Å². The molecule has 3 N–H and O–H groups in total. The van der Waals surface area contributed by atoms with E-state index < -0.39 is 33.5 Å². The van der Waals surface area contributed by atoms with E-state index in [0.717, 1.165) is 49.3 Å². The van der Waals surface area contributed by atoms with Crippen LogP contribution in [-0.4, -0.2) is 50.0 Å². The van der Waals surface area contributed by atoms with Crippen molar-refractivity contribution in [3.63, 3.8) is 0 Å². The highest BCUT2D eigenvalue weighted by Crippen LogP contribution is 2.20. The second-order valence-electron chi connectivity index (χ2n) is 10.8. The van der Waals surface area contributed by atoms with Gasteiger partial charge in [0.2, 0.25) is 10.0 Å². The first-order chi connectivity index (χ1) is 19.0. The maximum absolute atomic E-state index is 12.9. The molecule has 1 aliphatic heterocycles. The number of aromatic nitrogens is 1. The third kappa shape index (κ3) is 8.12. The third-order valence-corrected chi connectivity index (χ3v) is 7.83. The monoisotopic (exact) mass is 564 g/mol. The molecule has 0 fully saturated rings. The number of anilines is 1. The van der Waals surface area contributed by atoms with E-state index in [1.807, 2.05) is 12.1 Å². The van der Waals surface area contributed by atoms with Crippen LogP contribution in [0.2, 0.25) is 0 Å². The number of benzene rings is 2. The second kappa shape index (κ2) is 12.6. The van der Waals surface area contributed by atoms with Crippen LogP contribution in [0.4, 0.5) is 5.82 Å². The topological polar surface area (TPSA) is 126 Å². The second-order valence-corrected chi connectivity index (χ2v) is 12.5. The molecule has 212 valence electrons. The van der Waals surface area contributed by atoms with E-state index >= 15 is 0 Å². The smallest absolute Gasteiger partial charge is 0.326 e. The molecule has 1 aromatic heterocycles. The summed E-state index contributed by atoms with van der Waals surface area (Å²) in [6.45, 7) is 5.73. The standard InChI is InChI=1S/C30H36N4O5S/c1-30(2,3)39-29(36)26(34-40(37,38)25-9-5-4-6-10-25)20-32-28(35)23-14-11-21(12-15-23)13-17-24-18-16-22-8-7-19-31-27(22)33-24/h4-6,9-12,14-16,18,26,34H,7-8,13,17,19-20H2,1-3H3,(H,31,33)(H,32,35). The molecule has 2 aromatic carbocycles. The number of hydrogen-bond donors (Lipinski definition) is 3. The van der Waals surface area contributed by atoms with Crippen molar-refractivity contribution in [3.8, 4) is 0 Å². The van der Waals surface area contributed by atoms with Gasteiger partial charge >= 0.3 is 5.97 Å². The summed E-state index contributed by atoms with van der Waals surface area (Å²) in [6, 6.07) is 17.8. The zero-order chi connectivity index (χ0) is 28.8. The number of ether oxygens (including phenoxy) is 1. The summed E-state index contributed by atoms with van der Waals surface area (Å²) < 4.78 is 33.5. The van der Waals surface area contributed by atoms with Crippen LogP contribution in [0.1, 0.15) is 54.4 Å². The van der Waals surface area contributed by atoms with E-state index in [9.17, 15) is 18.0 Å². The van der Waals surface area contributed by atoms with E-state index in [2.05, 4.69) is 27.5 Å². The Morgan fingerprint density at radius 3 is 2.42 bits per heavy atom. The van der Waals surface area contributed by atoms with Crippen molar-refractivity contribution in [3.05, 3.63) is 89.1 Å². The number of esters is 1. The summed E-state index contributed by atoms with van der Waals surface area (Å²) in [5, 5.41) is 6.02. The van der Waals surface area contributed by atoms with Gasteiger partial charge in [0.25, 0.3) is 5.91 Å². The fourth-order valence-electron chi connectivity index (χ4n) is 4.30. The molecule has 10 heteroatoms. The minimum absolute atomic E-state index is 0.00678. The molecule has 1 amide bonds. The number of rotatable bonds is 10. The average Bonchev–Trinajstić information content (AvgIpc) is 2.93. The normalized spacial score (nSPS) is 14.0. The molecule has 1 aliphatic rings. The fourth-order valence-corrected chi connectivity index (χ4v) is 5.51. The molecule has 3 aromatic rings. The van der Waals surface area contributed by atoms with Gasteiger partial charge in [-0.1, -0.05) is 36.4 Å². The molecule has 0 spiro atoms. The number of sulfonamides is 1. The Hall–Kier alpha value is -3.76. The highest BCUT2D eigenvalue weighted by atomic mass is 32.2. The van der Waals surface area contributed by atoms with Gasteiger partial charge in [0, 0.05) is 24.3 Å². The molecule has 1 atom stereocenters. The van der Waals surface area contributed by atoms with Crippen molar-refractivity contribution in [1.82, 2.24) is 15.0 Å². The maximum atomic E-state index is 12.9. The van der Waals surface area contributed by atoms with Crippen molar-refractivity contribution < 1.29 is 22.7 Å². The molecule has 0 bridgehead atoms. The van der Waals surface area contributed by atoms with Crippen LogP contribution in [0.25, 0.3) is 0 Å². The van der Waals surface area contributed by atoms with Crippen LogP contribution in [0.5, 0.6) is 0 Å². The van der Waals surface area contributed by atoms with Gasteiger partial charge in [-0.25, -0.2) is 13.4 Å². The van der Waals surface area contributed by atoms with Gasteiger partial charge in [-0.2, -0.15) is 4.72 Å². The predicted molar refractivity (Wildman–Crippen MR) is 154 cm³/mol. The number of fused-ring (bicyclic) bond motifs is 1. The van der Waals surface area contributed by atoms with Gasteiger partial charge in [-0.15, -0.1) is 0 Å². The Balaban J connectivity index is 1.36. The van der Waals surface area contributed by atoms with Crippen LogP contribution < -0.4 is 15.4 Å². The van der Waals surface area contributed by atoms with Crippen LogP contribution in [0.3, 0.4) is 0 Å². The first-order valence-electron chi connectivity index (χ1n) is 13.4. The average molecular weight is 565 g/mol. The molecule has 0 radical (unpaired) electrons. The van der Waals surface area contributed by atoms with Gasteiger partial charge < -0.3 is 15.4 Å². The molecule has 4 rings (SSSR count). The van der Waals surface area contributed by atoms with Crippen LogP contribution in [-0.2, 0) is 38.8 Å². The van der Waals surface area contributed by atoms with Crippen molar-refractivity contribution in [2.75, 3.05) is 18.4 Å². The van der Waals surface area contributed by atoms with E-state index in [4.69, 9.17) is 9.72 Å². The van der Waals surface area contributed by atoms with Crippen molar-refractivity contribution in [2.24, 2.45) is 0 Å². The Kier molecular flexibility index (Phi) is 9.21. The van der Waals surface area contributed by atoms with E-state index in [-0.39, 0.29) is 11.4 Å². The van der Waals surface area contributed by atoms with Gasteiger partial charge in [0.05, 0.1) is 4.90 Å². The lowest BCUT2D eigenvalue weighted by molar-refractivity contribution is -0.156. The Morgan fingerprint density at radius 1 is 1.00 bits per heavy atom. The number of hydrogen-bond acceptors (Lipinski definition) is 7. The molecule has 0 saturated carbocycles. The first kappa shape index (κ1) is 29.2. The summed E-state index contributed by atoms with van der Waals surface area (Å²) >= 11 is 0. The van der Waals surface area contributed by atoms with E-state index in [0.29, 0.717) is 5.56 Å². The van der Waals surface area contributed by atoms with E-state index in [1.165, 1.54) is 17.7 Å². The van der Waals surface area contributed by atoms with Crippen LogP contribution in [0.15, 0.2) is 71.6 Å². The summed E-state index contributed by atoms with van der Waals surface area (Å²) in [5.74, 6) is -0.235. The lowest BCUT2D eigenvalue weighted by atomic mass is 10.0. The molecule has 0 saturated heterocycles. The zero-order valence-corrected chi connectivity index (χ0v) is 23.9. The highest BCUT2D eigenvalue weighted by molar-refractivity contribution is 7.89. The quantitative estimate of drug-likeness (QED) is 0.321. The minimum atomic E-state index is -4.02. The summed E-state index contributed by atoms with van der Waals surface area (Å²) in [4.78, 5) is 30.4. The Morgan fingerprint density at radius 2 is 1.73 bits per heavy atom. The van der Waals surface area contributed by atoms with Crippen molar-refractivity contribution in [2.45, 2.75) is 63.0 Å². The van der Waals surface area contributed by atoms with Gasteiger partial charge in [-0.3, -0.25) is 9.59 Å². The van der Waals surface area contributed by atoms with Gasteiger partial charge in [-0.05, 0) is 87.9 Å². The molecule has 40 heavy (non-hydrogen) atoms. The number of carbonyl (C=O) groups excluding carboxylic acids is 2. The molecule has 0 aliphatic carbocycles. The van der Waals surface area contributed by atoms with Crippen LogP contribution in [0, 0.1) is 0 Å². The summed E-state index contributed by atoms with van der Waals surface area (Å²) in [5.41, 5.74) is 2.90. The number of nitrogens with zero attached hydrogens (tertiary/aromatic N) is 1. The number of pyridine rings is 1. The van der Waals surface area contributed by atoms with Crippen molar-refractivity contribution >= 4 is 27.7 Å². The first-order valence-corrected chi connectivity index (χ1v) is 14.9. The van der Waals surface area contributed by atoms with Crippen molar-refractivity contribution in [1.29, 1.82) is 0 Å². The maximum Gasteiger partial charge on any atom is 0.326 e. The number of nitrogens with one attached hydrogen (secondary N) is 3. The minimum Gasteiger partial charge on any atom is -0.459 e. The SMILES string of the molecule is CC(C)(C)OC(=O)C(CNC(=O)c1ccc(CCc2ccc3c(n2)NCCC3)cc1)NS(=O)(=O)c1ccccc1. The molecular formula is C30H36N4O5S. The largest absolute Gasteiger partial charge is 0.459 e. The number of carbonyl (C=O) groups is 2. The van der Waals surface area contributed by atoms with Gasteiger partial charge in [0.15, 0.2) is 0 Å². The zero-order valence-electron chi connectivity index (χ0n) is 23.1. The van der Waals surface area contributed by atoms with Gasteiger partial charge in [0.1, 0.15) is 17.5 Å². The van der Waals surface area contributed by atoms with Crippen LogP contribution >= 0.6 is 0 Å². The number of aryl methyl sites for hydroxylation is 3. The molecular weight excluding hydrogens is 528 g/mol. The molecule has 1 unspecified atom stereocenters. The lowest BCUT2D eigenvalue weighted by Gasteiger charge is -2.24.